The number of nitrogens with zero attached hydrogens (tertiary/aromatic N) is 1. The van der Waals surface area contributed by atoms with Gasteiger partial charge in [0.1, 0.15) is 5.75 Å². The van der Waals surface area contributed by atoms with E-state index in [-0.39, 0.29) is 18.6 Å². The van der Waals surface area contributed by atoms with Crippen molar-refractivity contribution in [1.29, 1.82) is 0 Å². The van der Waals surface area contributed by atoms with Crippen LogP contribution in [0.1, 0.15) is 22.5 Å². The Morgan fingerprint density at radius 2 is 2.17 bits per heavy atom. The lowest BCUT2D eigenvalue weighted by atomic mass is 10.2. The maximum Gasteiger partial charge on any atom is 0.303 e. The molecule has 0 saturated heterocycles. The van der Waals surface area contributed by atoms with Crippen molar-refractivity contribution in [3.63, 3.8) is 0 Å². The predicted octanol–water partition coefficient (Wildman–Crippen LogP) is 2.35. The second kappa shape index (κ2) is 5.14. The Morgan fingerprint density at radius 1 is 1.39 bits per heavy atom. The van der Waals surface area contributed by atoms with E-state index in [2.05, 4.69) is 4.98 Å². The van der Waals surface area contributed by atoms with Gasteiger partial charge in [-0.3, -0.25) is 14.6 Å². The van der Waals surface area contributed by atoms with Gasteiger partial charge in [0.15, 0.2) is 5.78 Å². The molecule has 6 heteroatoms. The van der Waals surface area contributed by atoms with Crippen molar-refractivity contribution >= 4 is 33.3 Å². The molecule has 1 N–H and O–H groups in total. The average Bonchev–Trinajstić information content (AvgIpc) is 2.78. The molecule has 0 amide bonds. The highest BCUT2D eigenvalue weighted by molar-refractivity contribution is 7.20. The van der Waals surface area contributed by atoms with Crippen molar-refractivity contribution in [2.75, 3.05) is 7.11 Å². The van der Waals surface area contributed by atoms with E-state index in [1.165, 1.54) is 11.3 Å². The number of aromatic nitrogens is 1. The Bertz CT molecular complexity index is 605. The summed E-state index contributed by atoms with van der Waals surface area (Å²) in [5, 5.41) is 8.54. The molecule has 2 heterocycles. The number of Topliss-reactive ketones (excluding diaryl/α,β-unsaturated/α-hetero) is 1. The second-order valence-corrected chi connectivity index (χ2v) is 4.77. The van der Waals surface area contributed by atoms with E-state index in [1.807, 2.05) is 0 Å². The van der Waals surface area contributed by atoms with Gasteiger partial charge in [-0.2, -0.15) is 0 Å². The molecular formula is C12H11NO4S. The van der Waals surface area contributed by atoms with E-state index < -0.39 is 5.97 Å². The molecule has 94 valence electrons. The number of methoxy groups -OCH3 is 1. The topological polar surface area (TPSA) is 76.5 Å². The van der Waals surface area contributed by atoms with Gasteiger partial charge in [0.05, 0.1) is 34.8 Å². The zero-order valence-electron chi connectivity index (χ0n) is 9.67. The van der Waals surface area contributed by atoms with Crippen LogP contribution in [-0.4, -0.2) is 29.0 Å². The largest absolute Gasteiger partial charge is 0.495 e. The normalized spacial score (nSPS) is 10.5. The smallest absolute Gasteiger partial charge is 0.303 e. The monoisotopic (exact) mass is 265 g/mol. The first-order valence-electron chi connectivity index (χ1n) is 5.28. The van der Waals surface area contributed by atoms with E-state index in [1.54, 1.807) is 25.4 Å². The van der Waals surface area contributed by atoms with Crippen molar-refractivity contribution in [3.8, 4) is 5.75 Å². The van der Waals surface area contributed by atoms with Crippen LogP contribution in [0.25, 0.3) is 10.2 Å². The fourth-order valence-electron chi connectivity index (χ4n) is 1.49. The van der Waals surface area contributed by atoms with Crippen LogP contribution >= 0.6 is 11.3 Å². The first-order valence-corrected chi connectivity index (χ1v) is 6.10. The maximum absolute atomic E-state index is 11.8. The molecular weight excluding hydrogens is 254 g/mol. The molecule has 0 fully saturated rings. The van der Waals surface area contributed by atoms with Crippen molar-refractivity contribution in [3.05, 3.63) is 23.2 Å². The van der Waals surface area contributed by atoms with Crippen LogP contribution < -0.4 is 4.74 Å². The SMILES string of the molecule is COc1cnc2cc(C(=O)CCC(=O)O)sc2c1. The standard InChI is InChI=1S/C12H11NO4S/c1-17-7-4-10-8(13-6-7)5-11(18-10)9(14)2-3-12(15)16/h4-6H,2-3H2,1H3,(H,15,16). The number of rotatable bonds is 5. The summed E-state index contributed by atoms with van der Waals surface area (Å²) in [7, 11) is 1.55. The first-order chi connectivity index (χ1) is 8.60. The fraction of sp³-hybridized carbons (Fsp3) is 0.250. The molecule has 18 heavy (non-hydrogen) atoms. The van der Waals surface area contributed by atoms with Gasteiger partial charge in [0, 0.05) is 12.5 Å². The molecule has 2 rings (SSSR count). The van der Waals surface area contributed by atoms with Gasteiger partial charge in [-0.1, -0.05) is 0 Å². The molecule has 0 spiro atoms. The summed E-state index contributed by atoms with van der Waals surface area (Å²) in [5.74, 6) is -0.502. The summed E-state index contributed by atoms with van der Waals surface area (Å²) >= 11 is 1.30. The van der Waals surface area contributed by atoms with E-state index in [4.69, 9.17) is 9.84 Å². The Hall–Kier alpha value is -1.95. The predicted molar refractivity (Wildman–Crippen MR) is 67.4 cm³/mol. The average molecular weight is 265 g/mol. The van der Waals surface area contributed by atoms with Gasteiger partial charge in [-0.05, 0) is 6.07 Å². The Morgan fingerprint density at radius 3 is 2.83 bits per heavy atom. The van der Waals surface area contributed by atoms with E-state index >= 15 is 0 Å². The van der Waals surface area contributed by atoms with Gasteiger partial charge < -0.3 is 9.84 Å². The zero-order chi connectivity index (χ0) is 13.1. The fourth-order valence-corrected chi connectivity index (χ4v) is 2.51. The lowest BCUT2D eigenvalue weighted by Gasteiger charge is -1.96. The van der Waals surface area contributed by atoms with Crippen LogP contribution in [0.3, 0.4) is 0 Å². The quantitative estimate of drug-likeness (QED) is 0.840. The van der Waals surface area contributed by atoms with Crippen molar-refractivity contribution < 1.29 is 19.4 Å². The summed E-state index contributed by atoms with van der Waals surface area (Å²) in [6, 6.07) is 3.49. The molecule has 0 unspecified atom stereocenters. The minimum Gasteiger partial charge on any atom is -0.495 e. The van der Waals surface area contributed by atoms with Crippen LogP contribution in [0, 0.1) is 0 Å². The number of carboxylic acids is 1. The number of carbonyl (C=O) groups excluding carboxylic acids is 1. The lowest BCUT2D eigenvalue weighted by molar-refractivity contribution is -0.136. The number of aliphatic carboxylic acids is 1. The third-order valence-corrected chi connectivity index (χ3v) is 3.53. The number of hydrogen-bond acceptors (Lipinski definition) is 5. The summed E-state index contributed by atoms with van der Waals surface area (Å²) in [5.41, 5.74) is 0.722. The molecule has 2 aromatic rings. The summed E-state index contributed by atoms with van der Waals surface area (Å²) in [6.07, 6.45) is 1.45. The second-order valence-electron chi connectivity index (χ2n) is 3.69. The molecule has 0 bridgehead atoms. The Labute approximate surface area is 107 Å². The number of hydrogen-bond donors (Lipinski definition) is 1. The number of carbonyl (C=O) groups is 2. The molecule has 0 aliphatic rings. The third-order valence-electron chi connectivity index (χ3n) is 2.42. The van der Waals surface area contributed by atoms with Crippen molar-refractivity contribution in [2.24, 2.45) is 0 Å². The van der Waals surface area contributed by atoms with Gasteiger partial charge in [-0.25, -0.2) is 0 Å². The molecule has 0 saturated carbocycles. The number of carboxylic acid groups (broad SMARTS) is 1. The highest BCUT2D eigenvalue weighted by Crippen LogP contribution is 2.28. The first kappa shape index (κ1) is 12.5. The third kappa shape index (κ3) is 2.65. The zero-order valence-corrected chi connectivity index (χ0v) is 10.5. The summed E-state index contributed by atoms with van der Waals surface area (Å²) in [6.45, 7) is 0. The highest BCUT2D eigenvalue weighted by Gasteiger charge is 2.13. The number of thiophene rings is 1. The Balaban J connectivity index is 2.24. The minimum absolute atomic E-state index is 0.0132. The van der Waals surface area contributed by atoms with Crippen molar-refractivity contribution in [1.82, 2.24) is 4.98 Å². The number of ether oxygens (including phenoxy) is 1. The van der Waals surface area contributed by atoms with Crippen LogP contribution in [0.4, 0.5) is 0 Å². The van der Waals surface area contributed by atoms with Crippen LogP contribution in [-0.2, 0) is 4.79 Å². The van der Waals surface area contributed by atoms with Crippen LogP contribution in [0.15, 0.2) is 18.3 Å². The van der Waals surface area contributed by atoms with Gasteiger partial charge >= 0.3 is 5.97 Å². The van der Waals surface area contributed by atoms with Crippen LogP contribution in [0.5, 0.6) is 5.75 Å². The molecule has 2 aromatic heterocycles. The van der Waals surface area contributed by atoms with E-state index in [9.17, 15) is 9.59 Å². The van der Waals surface area contributed by atoms with E-state index in [0.717, 1.165) is 10.2 Å². The highest BCUT2D eigenvalue weighted by atomic mass is 32.1. The van der Waals surface area contributed by atoms with E-state index in [0.29, 0.717) is 10.6 Å². The Kier molecular flexibility index (Phi) is 3.57. The van der Waals surface area contributed by atoms with Crippen LogP contribution in [0.2, 0.25) is 0 Å². The lowest BCUT2D eigenvalue weighted by Crippen LogP contribution is -2.01. The molecule has 0 radical (unpaired) electrons. The molecule has 0 atom stereocenters. The number of ketones is 1. The molecule has 0 aromatic carbocycles. The molecule has 0 aliphatic heterocycles. The minimum atomic E-state index is -0.968. The summed E-state index contributed by atoms with van der Waals surface area (Å²) < 4.78 is 5.91. The maximum atomic E-state index is 11.8. The van der Waals surface area contributed by atoms with Gasteiger partial charge in [0.25, 0.3) is 0 Å². The number of fused-ring (bicyclic) bond motifs is 1. The van der Waals surface area contributed by atoms with Gasteiger partial charge in [0.2, 0.25) is 0 Å². The molecule has 5 nitrogen and oxygen atoms in total. The van der Waals surface area contributed by atoms with Gasteiger partial charge in [-0.15, -0.1) is 11.3 Å². The van der Waals surface area contributed by atoms with Crippen molar-refractivity contribution in [2.45, 2.75) is 12.8 Å². The summed E-state index contributed by atoms with van der Waals surface area (Å²) in [4.78, 5) is 26.9. The number of pyridine rings is 1. The molecule has 0 aliphatic carbocycles.